The van der Waals surface area contributed by atoms with Crippen molar-refractivity contribution in [2.24, 2.45) is 10.4 Å². The summed E-state index contributed by atoms with van der Waals surface area (Å²) < 4.78 is 5.31. The molecule has 0 spiro atoms. The van der Waals surface area contributed by atoms with Crippen molar-refractivity contribution >= 4 is 29.9 Å². The number of halogens is 1. The van der Waals surface area contributed by atoms with Crippen molar-refractivity contribution in [3.63, 3.8) is 0 Å². The van der Waals surface area contributed by atoms with Gasteiger partial charge in [-0.05, 0) is 32.9 Å². The van der Waals surface area contributed by atoms with Crippen molar-refractivity contribution < 1.29 is 4.42 Å². The molecule has 1 aliphatic heterocycles. The van der Waals surface area contributed by atoms with Crippen LogP contribution in [0.1, 0.15) is 40.4 Å². The van der Waals surface area contributed by atoms with Gasteiger partial charge in [-0.25, -0.2) is 4.98 Å². The monoisotopic (exact) mass is 472 g/mol. The minimum absolute atomic E-state index is 0. The number of aliphatic imine (C=N–C) groups is 1. The smallest absolute Gasteiger partial charge is 0.216 e. The minimum atomic E-state index is 0. The van der Waals surface area contributed by atoms with Crippen LogP contribution in [0.4, 0.5) is 0 Å². The predicted molar refractivity (Wildman–Crippen MR) is 114 cm³/mol. The van der Waals surface area contributed by atoms with Crippen LogP contribution in [0.3, 0.4) is 0 Å². The number of nitrogens with zero attached hydrogens (tertiary/aromatic N) is 4. The summed E-state index contributed by atoms with van der Waals surface area (Å²) in [5.41, 5.74) is 0.374. The van der Waals surface area contributed by atoms with Crippen LogP contribution in [-0.2, 0) is 6.42 Å². The maximum Gasteiger partial charge on any atom is 0.216 e. The van der Waals surface area contributed by atoms with Crippen molar-refractivity contribution in [3.8, 4) is 11.6 Å². The van der Waals surface area contributed by atoms with Gasteiger partial charge in [0.25, 0.3) is 0 Å². The summed E-state index contributed by atoms with van der Waals surface area (Å²) in [6, 6.07) is 3.68. The lowest BCUT2D eigenvalue weighted by Gasteiger charge is -2.62. The number of rotatable bonds is 5. The van der Waals surface area contributed by atoms with Gasteiger partial charge in [0.2, 0.25) is 5.82 Å². The highest BCUT2D eigenvalue weighted by atomic mass is 127. The summed E-state index contributed by atoms with van der Waals surface area (Å²) in [6.45, 7) is 13.8. The molecule has 0 saturated carbocycles. The van der Waals surface area contributed by atoms with Crippen molar-refractivity contribution in [3.05, 3.63) is 24.2 Å². The summed E-state index contributed by atoms with van der Waals surface area (Å²) >= 11 is 0. The largest absolute Gasteiger partial charge is 0.461 e. The number of guanidine groups is 1. The highest BCUT2D eigenvalue weighted by molar-refractivity contribution is 14.0. The second-order valence-corrected chi connectivity index (χ2v) is 7.60. The molecule has 1 saturated heterocycles. The number of furan rings is 1. The van der Waals surface area contributed by atoms with E-state index in [1.54, 1.807) is 6.26 Å². The SMILES string of the molecule is CCNC(=NCCc1nc(-c2ccco2)n[nH]1)N1CC(C)(C)C1(C)C.I. The molecule has 0 bridgehead atoms. The molecule has 0 unspecified atom stereocenters. The zero-order valence-corrected chi connectivity index (χ0v) is 18.5. The number of hydrogen-bond donors (Lipinski definition) is 2. The van der Waals surface area contributed by atoms with Gasteiger partial charge in [-0.2, -0.15) is 5.10 Å². The molecule has 0 atom stereocenters. The van der Waals surface area contributed by atoms with E-state index in [0.29, 0.717) is 24.6 Å². The summed E-state index contributed by atoms with van der Waals surface area (Å²) in [5, 5.41) is 10.6. The van der Waals surface area contributed by atoms with Gasteiger partial charge in [0.05, 0.1) is 6.26 Å². The Labute approximate surface area is 172 Å². The van der Waals surface area contributed by atoms with Gasteiger partial charge < -0.3 is 14.6 Å². The van der Waals surface area contributed by atoms with Crippen LogP contribution in [0.25, 0.3) is 11.6 Å². The highest BCUT2D eigenvalue weighted by Crippen LogP contribution is 2.46. The van der Waals surface area contributed by atoms with E-state index in [2.05, 4.69) is 60.0 Å². The van der Waals surface area contributed by atoms with Gasteiger partial charge in [0.1, 0.15) is 5.82 Å². The Kier molecular flexibility index (Phi) is 6.36. The normalized spacial score (nSPS) is 18.2. The molecular weight excluding hydrogens is 443 g/mol. The first-order valence-electron chi connectivity index (χ1n) is 8.86. The molecule has 3 rings (SSSR count). The quantitative estimate of drug-likeness (QED) is 0.397. The Morgan fingerprint density at radius 2 is 2.15 bits per heavy atom. The minimum Gasteiger partial charge on any atom is -0.461 e. The molecule has 2 aromatic rings. The van der Waals surface area contributed by atoms with Crippen molar-refractivity contribution in [1.82, 2.24) is 25.4 Å². The molecule has 26 heavy (non-hydrogen) atoms. The van der Waals surface area contributed by atoms with E-state index in [0.717, 1.165) is 24.9 Å². The van der Waals surface area contributed by atoms with E-state index in [1.165, 1.54) is 0 Å². The number of likely N-dealkylation sites (tertiary alicyclic amines) is 1. The molecule has 2 aromatic heterocycles. The molecule has 0 radical (unpaired) electrons. The van der Waals surface area contributed by atoms with E-state index >= 15 is 0 Å². The van der Waals surface area contributed by atoms with Gasteiger partial charge in [-0.15, -0.1) is 24.0 Å². The van der Waals surface area contributed by atoms with Crippen molar-refractivity contribution in [2.45, 2.75) is 46.6 Å². The van der Waals surface area contributed by atoms with Crippen LogP contribution >= 0.6 is 24.0 Å². The average molecular weight is 472 g/mol. The lowest BCUT2D eigenvalue weighted by Crippen LogP contribution is -2.72. The lowest BCUT2D eigenvalue weighted by atomic mass is 9.65. The first-order valence-corrected chi connectivity index (χ1v) is 8.86. The summed E-state index contributed by atoms with van der Waals surface area (Å²) in [6.07, 6.45) is 2.33. The Balaban J connectivity index is 0.00000243. The van der Waals surface area contributed by atoms with Gasteiger partial charge in [0, 0.05) is 37.0 Å². The molecule has 8 heteroatoms. The van der Waals surface area contributed by atoms with Gasteiger partial charge in [0.15, 0.2) is 11.7 Å². The molecule has 2 N–H and O–H groups in total. The number of nitrogens with one attached hydrogen (secondary N) is 2. The van der Waals surface area contributed by atoms with E-state index < -0.39 is 0 Å². The zero-order valence-electron chi connectivity index (χ0n) is 16.2. The molecule has 0 aromatic carbocycles. The zero-order chi connectivity index (χ0) is 18.1. The number of aromatic nitrogens is 3. The lowest BCUT2D eigenvalue weighted by molar-refractivity contribution is -0.0667. The fraction of sp³-hybridized carbons (Fsp3) is 0.611. The Hall–Kier alpha value is -1.58. The standard InChI is InChI=1S/C18H28N6O.HI/c1-6-19-16(24-12-17(2,3)18(24,4)5)20-10-9-14-21-15(23-22-14)13-8-7-11-25-13;/h7-8,11H,6,9-10,12H2,1-5H3,(H,19,20)(H,21,22,23);1H. The third kappa shape index (κ3) is 3.89. The summed E-state index contributed by atoms with van der Waals surface area (Å²) in [7, 11) is 0. The molecule has 3 heterocycles. The van der Waals surface area contributed by atoms with Crippen molar-refractivity contribution in [2.75, 3.05) is 19.6 Å². The van der Waals surface area contributed by atoms with E-state index in [9.17, 15) is 0 Å². The summed E-state index contributed by atoms with van der Waals surface area (Å²) in [4.78, 5) is 11.6. The first kappa shape index (κ1) is 20.7. The highest BCUT2D eigenvalue weighted by Gasteiger charge is 2.53. The molecule has 0 aliphatic carbocycles. The topological polar surface area (TPSA) is 82.3 Å². The van der Waals surface area contributed by atoms with E-state index in [1.807, 2.05) is 12.1 Å². The Morgan fingerprint density at radius 3 is 2.73 bits per heavy atom. The number of H-pyrrole nitrogens is 1. The maximum absolute atomic E-state index is 5.31. The van der Waals surface area contributed by atoms with E-state index in [-0.39, 0.29) is 34.9 Å². The van der Waals surface area contributed by atoms with Crippen LogP contribution in [0.5, 0.6) is 0 Å². The van der Waals surface area contributed by atoms with Gasteiger partial charge >= 0.3 is 0 Å². The molecule has 144 valence electrons. The van der Waals surface area contributed by atoms with Crippen LogP contribution in [0, 0.1) is 5.41 Å². The fourth-order valence-corrected chi connectivity index (χ4v) is 2.99. The van der Waals surface area contributed by atoms with Crippen molar-refractivity contribution in [1.29, 1.82) is 0 Å². The second-order valence-electron chi connectivity index (χ2n) is 7.60. The third-order valence-corrected chi connectivity index (χ3v) is 5.36. The predicted octanol–water partition coefficient (Wildman–Crippen LogP) is 3.31. The molecule has 1 fully saturated rings. The Bertz CT molecular complexity index is 735. The van der Waals surface area contributed by atoms with Crippen LogP contribution in [0.2, 0.25) is 0 Å². The number of aromatic amines is 1. The molecule has 7 nitrogen and oxygen atoms in total. The first-order chi connectivity index (χ1) is 11.8. The van der Waals surface area contributed by atoms with Crippen LogP contribution in [-0.4, -0.2) is 51.2 Å². The van der Waals surface area contributed by atoms with Crippen LogP contribution in [0.15, 0.2) is 27.8 Å². The molecular formula is C18H29IN6O. The van der Waals surface area contributed by atoms with E-state index in [4.69, 9.17) is 9.41 Å². The van der Waals surface area contributed by atoms with Crippen LogP contribution < -0.4 is 5.32 Å². The second kappa shape index (κ2) is 7.98. The fourth-order valence-electron chi connectivity index (χ4n) is 2.99. The van der Waals surface area contributed by atoms with Gasteiger partial charge in [-0.1, -0.05) is 13.8 Å². The Morgan fingerprint density at radius 1 is 1.38 bits per heavy atom. The molecule has 0 amide bonds. The third-order valence-electron chi connectivity index (χ3n) is 5.36. The maximum atomic E-state index is 5.31. The number of hydrogen-bond acceptors (Lipinski definition) is 4. The van der Waals surface area contributed by atoms with Gasteiger partial charge in [-0.3, -0.25) is 10.1 Å². The summed E-state index contributed by atoms with van der Waals surface area (Å²) in [5.74, 6) is 3.04. The molecule has 1 aliphatic rings. The average Bonchev–Trinajstić information content (AvgIpc) is 3.23.